The number of carbonyl (C=O) groups is 1. The number of hydrogen-bond acceptors (Lipinski definition) is 3. The smallest absolute Gasteiger partial charge is 0.434 e. The lowest BCUT2D eigenvalue weighted by molar-refractivity contribution is 0.0409. The Morgan fingerprint density at radius 2 is 1.75 bits per heavy atom. The maximum atomic E-state index is 11.1. The van der Waals surface area contributed by atoms with Gasteiger partial charge in [-0.2, -0.15) is 0 Å². The van der Waals surface area contributed by atoms with Gasteiger partial charge >= 0.3 is 6.16 Å². The van der Waals surface area contributed by atoms with Gasteiger partial charge < -0.3 is 9.47 Å². The van der Waals surface area contributed by atoms with Crippen LogP contribution in [0, 0.1) is 5.92 Å². The van der Waals surface area contributed by atoms with E-state index in [-0.39, 0.29) is 6.61 Å². The summed E-state index contributed by atoms with van der Waals surface area (Å²) in [5.41, 5.74) is 0. The Morgan fingerprint density at radius 3 is 2.31 bits per heavy atom. The van der Waals surface area contributed by atoms with E-state index >= 15 is 0 Å². The number of halogens is 3. The zero-order valence-corrected chi connectivity index (χ0v) is 11.2. The Labute approximate surface area is 110 Å². The van der Waals surface area contributed by atoms with Crippen LogP contribution in [-0.2, 0) is 9.47 Å². The summed E-state index contributed by atoms with van der Waals surface area (Å²) in [6.45, 7) is 0.111. The highest BCUT2D eigenvalue weighted by Crippen LogP contribution is 2.26. The fourth-order valence-electron chi connectivity index (χ4n) is 1.72. The summed E-state index contributed by atoms with van der Waals surface area (Å²) < 4.78 is 8.00. The monoisotopic (exact) mass is 288 g/mol. The van der Waals surface area contributed by atoms with Crippen LogP contribution in [0.4, 0.5) is 4.79 Å². The molecule has 1 fully saturated rings. The molecule has 0 amide bonds. The van der Waals surface area contributed by atoms with Gasteiger partial charge in [-0.05, 0) is 18.8 Å². The van der Waals surface area contributed by atoms with Gasteiger partial charge in [0, 0.05) is 0 Å². The van der Waals surface area contributed by atoms with Crippen molar-refractivity contribution in [2.24, 2.45) is 5.92 Å². The molecule has 0 heterocycles. The lowest BCUT2D eigenvalue weighted by Gasteiger charge is -2.21. The van der Waals surface area contributed by atoms with Crippen molar-refractivity contribution < 1.29 is 14.3 Å². The Morgan fingerprint density at radius 1 is 1.12 bits per heavy atom. The first-order chi connectivity index (χ1) is 7.47. The molecule has 0 unspecified atom stereocenters. The van der Waals surface area contributed by atoms with Gasteiger partial charge in [-0.1, -0.05) is 54.1 Å². The zero-order valence-electron chi connectivity index (χ0n) is 8.89. The van der Waals surface area contributed by atoms with E-state index in [1.54, 1.807) is 0 Å². The second-order valence-electron chi connectivity index (χ2n) is 3.97. The third-order valence-electron chi connectivity index (χ3n) is 2.52. The van der Waals surface area contributed by atoms with Gasteiger partial charge in [0.15, 0.2) is 0 Å². The molecule has 0 spiro atoms. The molecule has 1 rings (SSSR count). The van der Waals surface area contributed by atoms with Crippen molar-refractivity contribution in [1.29, 1.82) is 0 Å². The molecule has 0 aromatic heterocycles. The molecule has 0 atom stereocenters. The van der Waals surface area contributed by atoms with E-state index < -0.39 is 9.95 Å². The molecule has 0 bridgehead atoms. The minimum atomic E-state index is -1.58. The van der Waals surface area contributed by atoms with Crippen LogP contribution < -0.4 is 0 Å². The molecule has 1 aliphatic rings. The molecule has 0 N–H and O–H groups in total. The fourth-order valence-corrected chi connectivity index (χ4v) is 1.89. The first-order valence-corrected chi connectivity index (χ1v) is 6.47. The van der Waals surface area contributed by atoms with Crippen molar-refractivity contribution in [3.8, 4) is 0 Å². The van der Waals surface area contributed by atoms with Gasteiger partial charge in [0.25, 0.3) is 0 Å². The Bertz CT molecular complexity index is 222. The Balaban J connectivity index is 2.09. The molecule has 0 aliphatic heterocycles. The van der Waals surface area contributed by atoms with Crippen molar-refractivity contribution in [1.82, 2.24) is 0 Å². The topological polar surface area (TPSA) is 35.5 Å². The molecule has 0 aromatic rings. The van der Waals surface area contributed by atoms with E-state index in [0.29, 0.717) is 12.5 Å². The molecule has 1 aliphatic carbocycles. The van der Waals surface area contributed by atoms with Crippen LogP contribution in [0.5, 0.6) is 0 Å². The molecule has 6 heteroatoms. The van der Waals surface area contributed by atoms with Crippen LogP contribution in [0.25, 0.3) is 0 Å². The van der Waals surface area contributed by atoms with Gasteiger partial charge in [-0.15, -0.1) is 0 Å². The SMILES string of the molecule is O=C(OCC1CCCCC1)OCC(Cl)(Cl)Cl. The minimum Gasteiger partial charge on any atom is -0.434 e. The van der Waals surface area contributed by atoms with E-state index in [4.69, 9.17) is 39.5 Å². The number of ether oxygens (including phenoxy) is 2. The highest BCUT2D eigenvalue weighted by atomic mass is 35.6. The van der Waals surface area contributed by atoms with Gasteiger partial charge in [0.1, 0.15) is 6.61 Å². The van der Waals surface area contributed by atoms with Crippen molar-refractivity contribution in [2.75, 3.05) is 13.2 Å². The lowest BCUT2D eigenvalue weighted by atomic mass is 9.90. The number of hydrogen-bond donors (Lipinski definition) is 0. The minimum absolute atomic E-state index is 0.291. The summed E-state index contributed by atoms with van der Waals surface area (Å²) in [7, 11) is 0. The average molecular weight is 290 g/mol. The zero-order chi connectivity index (χ0) is 12.0. The summed E-state index contributed by atoms with van der Waals surface area (Å²) in [5.74, 6) is 0.453. The maximum Gasteiger partial charge on any atom is 0.508 e. The number of carbonyl (C=O) groups excluding carboxylic acids is 1. The van der Waals surface area contributed by atoms with E-state index in [2.05, 4.69) is 4.74 Å². The largest absolute Gasteiger partial charge is 0.508 e. The molecule has 0 radical (unpaired) electrons. The summed E-state index contributed by atoms with van der Waals surface area (Å²) in [6, 6.07) is 0. The average Bonchev–Trinajstić information content (AvgIpc) is 2.24. The van der Waals surface area contributed by atoms with Crippen LogP contribution in [0.2, 0.25) is 0 Å². The quantitative estimate of drug-likeness (QED) is 0.580. The van der Waals surface area contributed by atoms with Gasteiger partial charge in [-0.3, -0.25) is 0 Å². The predicted molar refractivity (Wildman–Crippen MR) is 64.2 cm³/mol. The number of alkyl halides is 3. The highest BCUT2D eigenvalue weighted by molar-refractivity contribution is 6.67. The summed E-state index contributed by atoms with van der Waals surface area (Å²) in [4.78, 5) is 11.1. The third kappa shape index (κ3) is 6.66. The van der Waals surface area contributed by atoms with Crippen molar-refractivity contribution in [2.45, 2.75) is 35.9 Å². The highest BCUT2D eigenvalue weighted by Gasteiger charge is 2.23. The number of rotatable bonds is 3. The van der Waals surface area contributed by atoms with E-state index in [1.807, 2.05) is 0 Å². The Kier molecular flexibility index (Phi) is 6.01. The summed E-state index contributed by atoms with van der Waals surface area (Å²) >= 11 is 16.3. The van der Waals surface area contributed by atoms with Crippen molar-refractivity contribution in [3.05, 3.63) is 0 Å². The van der Waals surface area contributed by atoms with Crippen molar-refractivity contribution >= 4 is 41.0 Å². The van der Waals surface area contributed by atoms with E-state index in [0.717, 1.165) is 12.8 Å². The van der Waals surface area contributed by atoms with Gasteiger partial charge in [-0.25, -0.2) is 4.79 Å². The van der Waals surface area contributed by atoms with Crippen LogP contribution >= 0.6 is 34.8 Å². The third-order valence-corrected chi connectivity index (χ3v) is 2.84. The van der Waals surface area contributed by atoms with Crippen LogP contribution in [0.3, 0.4) is 0 Å². The molecule has 0 saturated heterocycles. The molecule has 3 nitrogen and oxygen atoms in total. The molecular weight excluding hydrogens is 274 g/mol. The summed E-state index contributed by atoms with van der Waals surface area (Å²) in [5, 5.41) is 0. The van der Waals surface area contributed by atoms with Crippen LogP contribution in [0.1, 0.15) is 32.1 Å². The van der Waals surface area contributed by atoms with Crippen LogP contribution in [-0.4, -0.2) is 23.2 Å². The predicted octanol–water partition coefficient (Wildman–Crippen LogP) is 4.09. The normalized spacial score (nSPS) is 18.2. The second kappa shape index (κ2) is 6.77. The van der Waals surface area contributed by atoms with E-state index in [9.17, 15) is 4.79 Å². The molecular formula is C10H15Cl3O3. The van der Waals surface area contributed by atoms with Gasteiger partial charge in [0.2, 0.25) is 3.79 Å². The van der Waals surface area contributed by atoms with Crippen molar-refractivity contribution in [3.63, 3.8) is 0 Å². The lowest BCUT2D eigenvalue weighted by Crippen LogP contribution is -2.21. The van der Waals surface area contributed by atoms with Gasteiger partial charge in [0.05, 0.1) is 6.61 Å². The second-order valence-corrected chi connectivity index (χ2v) is 6.48. The molecule has 0 aromatic carbocycles. The molecule has 94 valence electrons. The standard InChI is InChI=1S/C10H15Cl3O3/c11-10(12,13)7-16-9(14)15-6-8-4-2-1-3-5-8/h8H,1-7H2. The molecule has 16 heavy (non-hydrogen) atoms. The maximum absolute atomic E-state index is 11.1. The van der Waals surface area contributed by atoms with E-state index in [1.165, 1.54) is 19.3 Å². The summed E-state index contributed by atoms with van der Waals surface area (Å²) in [6.07, 6.45) is 5.13. The molecule has 1 saturated carbocycles. The first kappa shape index (κ1) is 14.2. The Hall–Kier alpha value is 0.140. The van der Waals surface area contributed by atoms with Crippen LogP contribution in [0.15, 0.2) is 0 Å². The fraction of sp³-hybridized carbons (Fsp3) is 0.900. The first-order valence-electron chi connectivity index (χ1n) is 5.33.